The molecule has 0 fully saturated rings. The molecule has 0 saturated heterocycles. The third-order valence-electron chi connectivity index (χ3n) is 2.08. The Kier molecular flexibility index (Phi) is 4.45. The highest BCUT2D eigenvalue weighted by molar-refractivity contribution is 5.68. The molecule has 0 saturated carbocycles. The number of aliphatic hydroxyl groups excluding tert-OH is 1. The minimum Gasteiger partial charge on any atom is -0.397 e. The van der Waals surface area contributed by atoms with Crippen molar-refractivity contribution in [2.45, 2.75) is 12.8 Å². The monoisotopic (exact) mass is 205 g/mol. The van der Waals surface area contributed by atoms with Crippen LogP contribution in [0, 0.1) is 11.3 Å². The molecule has 15 heavy (non-hydrogen) atoms. The first-order chi connectivity index (χ1) is 7.27. The van der Waals surface area contributed by atoms with Crippen molar-refractivity contribution in [3.05, 3.63) is 23.8 Å². The van der Waals surface area contributed by atoms with Crippen molar-refractivity contribution in [3.8, 4) is 6.07 Å². The van der Waals surface area contributed by atoms with Gasteiger partial charge in [0.05, 0.1) is 23.0 Å². The number of nitrogens with zero attached hydrogens (tertiary/aromatic N) is 1. The predicted molar refractivity (Wildman–Crippen MR) is 60.4 cm³/mol. The van der Waals surface area contributed by atoms with Crippen molar-refractivity contribution in [1.82, 2.24) is 0 Å². The molecule has 80 valence electrons. The van der Waals surface area contributed by atoms with Crippen LogP contribution in [0.1, 0.15) is 18.4 Å². The normalized spacial score (nSPS) is 9.60. The van der Waals surface area contributed by atoms with Gasteiger partial charge < -0.3 is 16.2 Å². The van der Waals surface area contributed by atoms with Gasteiger partial charge in [0.15, 0.2) is 0 Å². The molecular weight excluding hydrogens is 190 g/mol. The van der Waals surface area contributed by atoms with E-state index in [2.05, 4.69) is 5.32 Å². The number of unbranched alkanes of at least 4 members (excludes halogenated alkanes) is 1. The SMILES string of the molecule is N#Cc1ccc(NCCCCO)c(N)c1. The van der Waals surface area contributed by atoms with Crippen LogP contribution >= 0.6 is 0 Å². The zero-order valence-corrected chi connectivity index (χ0v) is 8.53. The summed E-state index contributed by atoms with van der Waals surface area (Å²) in [4.78, 5) is 0. The highest BCUT2D eigenvalue weighted by atomic mass is 16.2. The second-order valence-electron chi connectivity index (χ2n) is 3.27. The van der Waals surface area contributed by atoms with Crippen molar-refractivity contribution in [1.29, 1.82) is 5.26 Å². The number of nitrogens with two attached hydrogens (primary N) is 1. The molecular formula is C11H15N3O. The zero-order chi connectivity index (χ0) is 11.1. The van der Waals surface area contributed by atoms with Gasteiger partial charge in [0.25, 0.3) is 0 Å². The molecule has 0 spiro atoms. The van der Waals surface area contributed by atoms with Crippen molar-refractivity contribution in [2.24, 2.45) is 0 Å². The van der Waals surface area contributed by atoms with Gasteiger partial charge in [0.2, 0.25) is 0 Å². The average Bonchev–Trinajstić information content (AvgIpc) is 2.26. The molecule has 0 bridgehead atoms. The van der Waals surface area contributed by atoms with E-state index in [1.54, 1.807) is 18.2 Å². The maximum atomic E-state index is 8.65. The summed E-state index contributed by atoms with van der Waals surface area (Å²) < 4.78 is 0. The molecule has 1 rings (SSSR count). The van der Waals surface area contributed by atoms with Crippen LogP contribution < -0.4 is 11.1 Å². The Morgan fingerprint density at radius 1 is 1.40 bits per heavy atom. The molecule has 0 aliphatic heterocycles. The quantitative estimate of drug-likeness (QED) is 0.500. The summed E-state index contributed by atoms with van der Waals surface area (Å²) >= 11 is 0. The van der Waals surface area contributed by atoms with Crippen molar-refractivity contribution >= 4 is 11.4 Å². The summed E-state index contributed by atoms with van der Waals surface area (Å²) in [5, 5.41) is 20.4. The van der Waals surface area contributed by atoms with Gasteiger partial charge in [-0.05, 0) is 31.0 Å². The molecule has 4 heteroatoms. The summed E-state index contributed by atoms with van der Waals surface area (Å²) in [5.41, 5.74) is 7.73. The van der Waals surface area contributed by atoms with Crippen LogP contribution in [0.5, 0.6) is 0 Å². The second-order valence-corrected chi connectivity index (χ2v) is 3.27. The smallest absolute Gasteiger partial charge is 0.0992 e. The Morgan fingerprint density at radius 3 is 2.80 bits per heavy atom. The first kappa shape index (κ1) is 11.3. The Labute approximate surface area is 89.3 Å². The van der Waals surface area contributed by atoms with Crippen molar-refractivity contribution in [3.63, 3.8) is 0 Å². The Hall–Kier alpha value is -1.73. The van der Waals surface area contributed by atoms with Crippen LogP contribution in [-0.2, 0) is 0 Å². The number of nitriles is 1. The van der Waals surface area contributed by atoms with Gasteiger partial charge in [-0.1, -0.05) is 0 Å². The maximum absolute atomic E-state index is 8.65. The molecule has 0 aliphatic rings. The molecule has 1 aromatic carbocycles. The van der Waals surface area contributed by atoms with Crippen LogP contribution in [-0.4, -0.2) is 18.3 Å². The Bertz CT molecular complexity index is 357. The lowest BCUT2D eigenvalue weighted by atomic mass is 10.2. The summed E-state index contributed by atoms with van der Waals surface area (Å²) in [6.45, 7) is 0.987. The number of hydrogen-bond acceptors (Lipinski definition) is 4. The van der Waals surface area contributed by atoms with Gasteiger partial charge in [-0.2, -0.15) is 5.26 Å². The van der Waals surface area contributed by atoms with E-state index in [1.807, 2.05) is 6.07 Å². The van der Waals surface area contributed by atoms with Gasteiger partial charge in [0, 0.05) is 13.2 Å². The van der Waals surface area contributed by atoms with E-state index in [-0.39, 0.29) is 6.61 Å². The zero-order valence-electron chi connectivity index (χ0n) is 8.53. The van der Waals surface area contributed by atoms with E-state index in [1.165, 1.54) is 0 Å². The number of benzene rings is 1. The standard InChI is InChI=1S/C11H15N3O/c12-8-9-3-4-11(10(13)7-9)14-5-1-2-6-15/h3-4,7,14-15H,1-2,5-6,13H2. The van der Waals surface area contributed by atoms with Crippen LogP contribution in [0.15, 0.2) is 18.2 Å². The lowest BCUT2D eigenvalue weighted by Crippen LogP contribution is -2.04. The van der Waals surface area contributed by atoms with Crippen LogP contribution in [0.2, 0.25) is 0 Å². The fourth-order valence-corrected chi connectivity index (χ4v) is 1.25. The molecule has 0 aliphatic carbocycles. The first-order valence-electron chi connectivity index (χ1n) is 4.92. The molecule has 1 aromatic rings. The van der Waals surface area contributed by atoms with Gasteiger partial charge in [-0.3, -0.25) is 0 Å². The highest BCUT2D eigenvalue weighted by Gasteiger charge is 1.99. The van der Waals surface area contributed by atoms with E-state index in [0.717, 1.165) is 25.1 Å². The first-order valence-corrected chi connectivity index (χ1v) is 4.92. The highest BCUT2D eigenvalue weighted by Crippen LogP contribution is 2.19. The number of aliphatic hydroxyl groups is 1. The third kappa shape index (κ3) is 3.49. The molecule has 0 atom stereocenters. The van der Waals surface area contributed by atoms with E-state index in [0.29, 0.717) is 11.3 Å². The molecule has 0 amide bonds. The van der Waals surface area contributed by atoms with Crippen molar-refractivity contribution < 1.29 is 5.11 Å². The molecule has 0 aromatic heterocycles. The van der Waals surface area contributed by atoms with E-state index >= 15 is 0 Å². The third-order valence-corrected chi connectivity index (χ3v) is 2.08. The average molecular weight is 205 g/mol. The van der Waals surface area contributed by atoms with Gasteiger partial charge in [-0.25, -0.2) is 0 Å². The van der Waals surface area contributed by atoms with Gasteiger partial charge >= 0.3 is 0 Å². The molecule has 0 heterocycles. The minimum absolute atomic E-state index is 0.213. The van der Waals surface area contributed by atoms with E-state index in [4.69, 9.17) is 16.1 Å². The fraction of sp³-hybridized carbons (Fsp3) is 0.364. The van der Waals surface area contributed by atoms with Crippen LogP contribution in [0.4, 0.5) is 11.4 Å². The summed E-state index contributed by atoms with van der Waals surface area (Å²) in [6, 6.07) is 7.20. The van der Waals surface area contributed by atoms with E-state index in [9.17, 15) is 0 Å². The number of nitrogens with one attached hydrogen (secondary N) is 1. The molecule has 4 nitrogen and oxygen atoms in total. The lowest BCUT2D eigenvalue weighted by molar-refractivity contribution is 0.286. The number of rotatable bonds is 5. The Morgan fingerprint density at radius 2 is 2.20 bits per heavy atom. The van der Waals surface area contributed by atoms with Gasteiger partial charge in [-0.15, -0.1) is 0 Å². The lowest BCUT2D eigenvalue weighted by Gasteiger charge is -2.08. The topological polar surface area (TPSA) is 82.1 Å². The largest absolute Gasteiger partial charge is 0.397 e. The summed E-state index contributed by atoms with van der Waals surface area (Å²) in [5.74, 6) is 0. The van der Waals surface area contributed by atoms with Crippen LogP contribution in [0.25, 0.3) is 0 Å². The molecule has 0 radical (unpaired) electrons. The summed E-state index contributed by atoms with van der Waals surface area (Å²) in [6.07, 6.45) is 1.68. The minimum atomic E-state index is 0.213. The predicted octanol–water partition coefficient (Wildman–Crippen LogP) is 1.32. The number of nitrogen functional groups attached to an aromatic ring is 1. The van der Waals surface area contributed by atoms with E-state index < -0.39 is 0 Å². The molecule has 4 N–H and O–H groups in total. The number of hydrogen-bond donors (Lipinski definition) is 3. The maximum Gasteiger partial charge on any atom is 0.0992 e. The van der Waals surface area contributed by atoms with Crippen LogP contribution in [0.3, 0.4) is 0 Å². The van der Waals surface area contributed by atoms with Crippen molar-refractivity contribution in [2.75, 3.05) is 24.2 Å². The summed E-state index contributed by atoms with van der Waals surface area (Å²) in [7, 11) is 0. The second kappa shape index (κ2) is 5.89. The Balaban J connectivity index is 2.52. The molecule has 0 unspecified atom stereocenters. The number of anilines is 2. The fourth-order valence-electron chi connectivity index (χ4n) is 1.25. The van der Waals surface area contributed by atoms with Gasteiger partial charge in [0.1, 0.15) is 0 Å².